The maximum absolute atomic E-state index is 6.06. The number of hydrogen-bond acceptors (Lipinski definition) is 4. The van der Waals surface area contributed by atoms with E-state index in [0.717, 1.165) is 11.1 Å². The van der Waals surface area contributed by atoms with Crippen LogP contribution in [0.4, 0.5) is 0 Å². The van der Waals surface area contributed by atoms with Crippen molar-refractivity contribution < 1.29 is 0 Å². The Morgan fingerprint density at radius 3 is 1.32 bits per heavy atom. The molecule has 4 heteroatoms. The fraction of sp³-hybridized carbons (Fsp3) is 0.200. The third kappa shape index (κ3) is 2.27. The molecule has 0 aromatic heterocycles. The Bertz CT molecular complexity index is 477. The molecule has 0 aliphatic rings. The molecule has 0 amide bonds. The Hall–Kier alpha value is -1.72. The van der Waals surface area contributed by atoms with Crippen molar-refractivity contribution in [2.75, 3.05) is 6.54 Å². The van der Waals surface area contributed by atoms with Gasteiger partial charge in [-0.2, -0.15) is 0 Å². The summed E-state index contributed by atoms with van der Waals surface area (Å²) in [6.07, 6.45) is 0. The molecule has 0 aliphatic carbocycles. The highest BCUT2D eigenvalue weighted by Crippen LogP contribution is 2.35. The summed E-state index contributed by atoms with van der Waals surface area (Å²) >= 11 is 0. The molecule has 0 fully saturated rings. The average molecular weight is 256 g/mol. The van der Waals surface area contributed by atoms with Gasteiger partial charge in [0, 0.05) is 6.54 Å². The first-order chi connectivity index (χ1) is 9.02. The average Bonchev–Trinajstić information content (AvgIpc) is 2.41. The van der Waals surface area contributed by atoms with Crippen LogP contribution in [0.15, 0.2) is 60.7 Å². The predicted molar refractivity (Wildman–Crippen MR) is 78.0 cm³/mol. The topological polar surface area (TPSA) is 104 Å². The van der Waals surface area contributed by atoms with Crippen LogP contribution in [0.25, 0.3) is 0 Å². The van der Waals surface area contributed by atoms with E-state index in [1.165, 1.54) is 0 Å². The van der Waals surface area contributed by atoms with Crippen molar-refractivity contribution in [2.24, 2.45) is 22.9 Å². The molecule has 19 heavy (non-hydrogen) atoms. The number of nitrogens with two attached hydrogens (primary N) is 4. The van der Waals surface area contributed by atoms with Gasteiger partial charge < -0.3 is 22.9 Å². The molecule has 0 radical (unpaired) electrons. The summed E-state index contributed by atoms with van der Waals surface area (Å²) in [6.45, 7) is 0.227. The predicted octanol–water partition coefficient (Wildman–Crippen LogP) is 0.461. The Labute approximate surface area is 113 Å². The highest BCUT2D eigenvalue weighted by atomic mass is 15.2. The van der Waals surface area contributed by atoms with Crippen LogP contribution < -0.4 is 22.9 Å². The van der Waals surface area contributed by atoms with Crippen LogP contribution >= 0.6 is 0 Å². The SMILES string of the molecule is NCC(c1ccccc1)(c1ccccc1)C(N)(N)N. The Kier molecular flexibility index (Phi) is 3.68. The lowest BCUT2D eigenvalue weighted by Gasteiger charge is -2.44. The normalized spacial score (nSPS) is 12.4. The lowest BCUT2D eigenvalue weighted by molar-refractivity contribution is 0.280. The minimum atomic E-state index is -1.45. The van der Waals surface area contributed by atoms with E-state index in [-0.39, 0.29) is 6.54 Å². The van der Waals surface area contributed by atoms with E-state index in [0.29, 0.717) is 0 Å². The van der Waals surface area contributed by atoms with Gasteiger partial charge in [-0.25, -0.2) is 0 Å². The minimum absolute atomic E-state index is 0.227. The summed E-state index contributed by atoms with van der Waals surface area (Å²) < 4.78 is 0. The highest BCUT2D eigenvalue weighted by molar-refractivity contribution is 5.43. The second kappa shape index (κ2) is 5.11. The summed E-state index contributed by atoms with van der Waals surface area (Å²) in [4.78, 5) is 0. The zero-order chi connectivity index (χ0) is 13.9. The van der Waals surface area contributed by atoms with Crippen molar-refractivity contribution >= 4 is 0 Å². The summed E-state index contributed by atoms with van der Waals surface area (Å²) in [5.74, 6) is -1.45. The molecule has 2 aromatic carbocycles. The molecule has 0 heterocycles. The van der Waals surface area contributed by atoms with E-state index in [9.17, 15) is 0 Å². The van der Waals surface area contributed by atoms with E-state index in [1.54, 1.807) is 0 Å². The Morgan fingerprint density at radius 1 is 0.684 bits per heavy atom. The molecule has 0 atom stereocenters. The van der Waals surface area contributed by atoms with Gasteiger partial charge in [-0.3, -0.25) is 0 Å². The van der Waals surface area contributed by atoms with Crippen LogP contribution in [-0.4, -0.2) is 12.3 Å². The van der Waals surface area contributed by atoms with Crippen LogP contribution in [-0.2, 0) is 5.41 Å². The van der Waals surface area contributed by atoms with Crippen LogP contribution in [0.2, 0.25) is 0 Å². The molecule has 0 saturated heterocycles. The number of rotatable bonds is 4. The first-order valence-electron chi connectivity index (χ1n) is 6.20. The number of benzene rings is 2. The van der Waals surface area contributed by atoms with Crippen molar-refractivity contribution in [3.05, 3.63) is 71.8 Å². The van der Waals surface area contributed by atoms with Gasteiger partial charge in [-0.15, -0.1) is 0 Å². The van der Waals surface area contributed by atoms with Crippen LogP contribution in [0, 0.1) is 0 Å². The van der Waals surface area contributed by atoms with Gasteiger partial charge in [0.15, 0.2) is 0 Å². The molecule has 8 N–H and O–H groups in total. The molecule has 0 saturated carbocycles. The summed E-state index contributed by atoms with van der Waals surface area (Å²) in [5.41, 5.74) is 25.2. The molecule has 2 rings (SSSR count). The molecule has 4 nitrogen and oxygen atoms in total. The summed E-state index contributed by atoms with van der Waals surface area (Å²) in [5, 5.41) is 0. The fourth-order valence-corrected chi connectivity index (χ4v) is 2.52. The molecule has 0 unspecified atom stereocenters. The van der Waals surface area contributed by atoms with E-state index in [4.69, 9.17) is 22.9 Å². The Morgan fingerprint density at radius 2 is 1.05 bits per heavy atom. The molecular formula is C15H20N4. The van der Waals surface area contributed by atoms with Gasteiger partial charge >= 0.3 is 0 Å². The van der Waals surface area contributed by atoms with Gasteiger partial charge in [0.05, 0.1) is 5.41 Å². The van der Waals surface area contributed by atoms with Crippen molar-refractivity contribution in [2.45, 2.75) is 11.2 Å². The lowest BCUT2D eigenvalue weighted by atomic mass is 9.69. The molecule has 2 aromatic rings. The van der Waals surface area contributed by atoms with Crippen LogP contribution in [0.3, 0.4) is 0 Å². The van der Waals surface area contributed by atoms with Gasteiger partial charge in [0.25, 0.3) is 0 Å². The zero-order valence-corrected chi connectivity index (χ0v) is 10.8. The minimum Gasteiger partial charge on any atom is -0.329 e. The van der Waals surface area contributed by atoms with Crippen molar-refractivity contribution in [1.29, 1.82) is 0 Å². The van der Waals surface area contributed by atoms with Crippen LogP contribution in [0.5, 0.6) is 0 Å². The zero-order valence-electron chi connectivity index (χ0n) is 10.8. The maximum atomic E-state index is 6.06. The third-order valence-corrected chi connectivity index (χ3v) is 3.58. The summed E-state index contributed by atoms with van der Waals surface area (Å²) in [7, 11) is 0. The lowest BCUT2D eigenvalue weighted by Crippen LogP contribution is -2.73. The quantitative estimate of drug-likeness (QED) is 0.596. The van der Waals surface area contributed by atoms with E-state index in [2.05, 4.69) is 0 Å². The second-order valence-corrected chi connectivity index (χ2v) is 4.77. The van der Waals surface area contributed by atoms with Crippen LogP contribution in [0.1, 0.15) is 11.1 Å². The van der Waals surface area contributed by atoms with Crippen molar-refractivity contribution in [1.82, 2.24) is 0 Å². The Balaban J connectivity index is 2.70. The van der Waals surface area contributed by atoms with Gasteiger partial charge in [-0.1, -0.05) is 60.7 Å². The van der Waals surface area contributed by atoms with Gasteiger partial charge in [0.2, 0.25) is 0 Å². The molecule has 100 valence electrons. The van der Waals surface area contributed by atoms with Crippen molar-refractivity contribution in [3.8, 4) is 0 Å². The molecular weight excluding hydrogens is 236 g/mol. The third-order valence-electron chi connectivity index (χ3n) is 3.58. The second-order valence-electron chi connectivity index (χ2n) is 4.77. The standard InChI is InChI=1S/C15H20N4/c16-11-14(15(17,18)19,12-7-3-1-4-8-12)13-9-5-2-6-10-13/h1-10H,11,16-19H2. The van der Waals surface area contributed by atoms with Crippen molar-refractivity contribution in [3.63, 3.8) is 0 Å². The van der Waals surface area contributed by atoms with E-state index >= 15 is 0 Å². The monoisotopic (exact) mass is 256 g/mol. The molecule has 0 spiro atoms. The van der Waals surface area contributed by atoms with E-state index in [1.807, 2.05) is 60.7 Å². The number of hydrogen-bond donors (Lipinski definition) is 4. The van der Waals surface area contributed by atoms with E-state index < -0.39 is 11.2 Å². The highest BCUT2D eigenvalue weighted by Gasteiger charge is 2.46. The smallest absolute Gasteiger partial charge is 0.131 e. The summed E-state index contributed by atoms with van der Waals surface area (Å²) in [6, 6.07) is 19.3. The molecule has 0 bridgehead atoms. The first-order valence-corrected chi connectivity index (χ1v) is 6.20. The largest absolute Gasteiger partial charge is 0.329 e. The fourth-order valence-electron chi connectivity index (χ4n) is 2.52. The maximum Gasteiger partial charge on any atom is 0.131 e. The van der Waals surface area contributed by atoms with Gasteiger partial charge in [-0.05, 0) is 11.1 Å². The first kappa shape index (κ1) is 13.7. The molecule has 0 aliphatic heterocycles. The van der Waals surface area contributed by atoms with Gasteiger partial charge in [0.1, 0.15) is 5.79 Å².